The van der Waals surface area contributed by atoms with Gasteiger partial charge in [0.25, 0.3) is 0 Å². The molecule has 3 nitrogen and oxygen atoms in total. The van der Waals surface area contributed by atoms with E-state index in [1.54, 1.807) is 24.3 Å². The average molecular weight is 238 g/mol. The molecule has 86 valence electrons. The molecule has 0 heterocycles. The molecule has 0 saturated heterocycles. The van der Waals surface area contributed by atoms with E-state index in [0.29, 0.717) is 10.8 Å². The summed E-state index contributed by atoms with van der Waals surface area (Å²) in [5.41, 5.74) is 0.921. The van der Waals surface area contributed by atoms with Crippen LogP contribution in [0.4, 0.5) is 0 Å². The van der Waals surface area contributed by atoms with Crippen LogP contribution in [-0.2, 0) is 14.6 Å². The Kier molecular flexibility index (Phi) is 2.84. The van der Waals surface area contributed by atoms with Gasteiger partial charge < -0.3 is 4.79 Å². The van der Waals surface area contributed by atoms with Gasteiger partial charge >= 0.3 is 0 Å². The number of hydrogen-bond donors (Lipinski definition) is 0. The third kappa shape index (κ3) is 2.32. The Morgan fingerprint density at radius 1 is 1.25 bits per heavy atom. The highest BCUT2D eigenvalue weighted by molar-refractivity contribution is 7.90. The summed E-state index contributed by atoms with van der Waals surface area (Å²) >= 11 is 0. The molecule has 0 aliphatic heterocycles. The van der Waals surface area contributed by atoms with Gasteiger partial charge in [-0.3, -0.25) is 0 Å². The van der Waals surface area contributed by atoms with Crippen molar-refractivity contribution in [1.82, 2.24) is 0 Å². The maximum Gasteiger partial charge on any atom is 0.175 e. The fourth-order valence-electron chi connectivity index (χ4n) is 1.85. The number of aldehydes is 1. The second-order valence-corrected chi connectivity index (χ2v) is 6.36. The summed E-state index contributed by atoms with van der Waals surface area (Å²) in [5.74, 6) is 0.398. The first-order chi connectivity index (χ1) is 7.52. The summed E-state index contributed by atoms with van der Waals surface area (Å²) in [5, 5.41) is 0. The van der Waals surface area contributed by atoms with Crippen LogP contribution in [0, 0.1) is 5.92 Å². The molecule has 1 aliphatic rings. The van der Waals surface area contributed by atoms with Crippen molar-refractivity contribution in [3.05, 3.63) is 29.8 Å². The molecule has 1 fully saturated rings. The van der Waals surface area contributed by atoms with Gasteiger partial charge in [0.05, 0.1) is 4.90 Å². The Morgan fingerprint density at radius 2 is 1.81 bits per heavy atom. The monoisotopic (exact) mass is 238 g/mol. The molecule has 0 radical (unpaired) electrons. The number of carbonyl (C=O) groups excluding carboxylic acids is 1. The molecule has 0 N–H and O–H groups in total. The maximum atomic E-state index is 11.3. The lowest BCUT2D eigenvalue weighted by molar-refractivity contribution is -0.109. The first-order valence-corrected chi connectivity index (χ1v) is 7.17. The normalized spacial score (nSPS) is 18.1. The van der Waals surface area contributed by atoms with Gasteiger partial charge in [-0.1, -0.05) is 12.1 Å². The van der Waals surface area contributed by atoms with Crippen molar-refractivity contribution in [3.8, 4) is 0 Å². The van der Waals surface area contributed by atoms with Crippen LogP contribution < -0.4 is 0 Å². The molecule has 0 spiro atoms. The SMILES string of the molecule is CS(=O)(=O)c1ccc(C(C=O)C2CC2)cc1. The van der Waals surface area contributed by atoms with Gasteiger partial charge in [-0.15, -0.1) is 0 Å². The molecule has 1 aliphatic carbocycles. The third-order valence-electron chi connectivity index (χ3n) is 2.97. The summed E-state index contributed by atoms with van der Waals surface area (Å²) in [6.07, 6.45) is 4.34. The molecular formula is C12H14O3S. The highest BCUT2D eigenvalue weighted by atomic mass is 32.2. The molecule has 2 rings (SSSR count). The lowest BCUT2D eigenvalue weighted by Gasteiger charge is -2.09. The van der Waals surface area contributed by atoms with Crippen molar-refractivity contribution in [2.24, 2.45) is 5.92 Å². The average Bonchev–Trinajstić information content (AvgIpc) is 3.03. The molecule has 1 aromatic rings. The van der Waals surface area contributed by atoms with E-state index >= 15 is 0 Å². The standard InChI is InChI=1S/C12H14O3S/c1-16(14,15)11-6-4-10(5-7-11)12(8-13)9-2-3-9/h4-9,12H,2-3H2,1H3. The summed E-state index contributed by atoms with van der Waals surface area (Å²) < 4.78 is 22.5. The molecule has 16 heavy (non-hydrogen) atoms. The van der Waals surface area contributed by atoms with Crippen LogP contribution in [0.15, 0.2) is 29.2 Å². The van der Waals surface area contributed by atoms with E-state index < -0.39 is 9.84 Å². The predicted octanol–water partition coefficient (Wildman–Crippen LogP) is 1.78. The smallest absolute Gasteiger partial charge is 0.175 e. The van der Waals surface area contributed by atoms with Crippen LogP contribution in [0.5, 0.6) is 0 Å². The lowest BCUT2D eigenvalue weighted by Crippen LogP contribution is -2.03. The maximum absolute atomic E-state index is 11.3. The summed E-state index contributed by atoms with van der Waals surface area (Å²) in [6.45, 7) is 0. The van der Waals surface area contributed by atoms with Crippen LogP contribution in [-0.4, -0.2) is 21.0 Å². The van der Waals surface area contributed by atoms with Gasteiger partial charge in [0, 0.05) is 12.2 Å². The van der Waals surface area contributed by atoms with Gasteiger partial charge in [-0.05, 0) is 36.5 Å². The number of hydrogen-bond acceptors (Lipinski definition) is 3. The van der Waals surface area contributed by atoms with Crippen molar-refractivity contribution >= 4 is 16.1 Å². The first-order valence-electron chi connectivity index (χ1n) is 5.27. The van der Waals surface area contributed by atoms with E-state index in [4.69, 9.17) is 0 Å². The number of sulfone groups is 1. The number of benzene rings is 1. The van der Waals surface area contributed by atoms with E-state index in [1.165, 1.54) is 6.26 Å². The second kappa shape index (κ2) is 4.01. The highest BCUT2D eigenvalue weighted by Crippen LogP contribution is 2.41. The lowest BCUT2D eigenvalue weighted by atomic mass is 9.96. The predicted molar refractivity (Wildman–Crippen MR) is 61.1 cm³/mol. The highest BCUT2D eigenvalue weighted by Gasteiger charge is 2.31. The topological polar surface area (TPSA) is 51.2 Å². The fraction of sp³-hybridized carbons (Fsp3) is 0.417. The summed E-state index contributed by atoms with van der Waals surface area (Å²) in [6, 6.07) is 6.63. The third-order valence-corrected chi connectivity index (χ3v) is 4.10. The zero-order valence-corrected chi connectivity index (χ0v) is 9.91. The van der Waals surface area contributed by atoms with Crippen molar-refractivity contribution < 1.29 is 13.2 Å². The molecule has 1 atom stereocenters. The van der Waals surface area contributed by atoms with Crippen LogP contribution in [0.2, 0.25) is 0 Å². The minimum atomic E-state index is -3.14. The molecule has 0 aromatic heterocycles. The van der Waals surface area contributed by atoms with Crippen molar-refractivity contribution in [2.45, 2.75) is 23.7 Å². The van der Waals surface area contributed by atoms with Crippen LogP contribution >= 0.6 is 0 Å². The molecule has 1 aromatic carbocycles. The number of rotatable bonds is 4. The molecule has 1 saturated carbocycles. The minimum absolute atomic E-state index is 0.0615. The van der Waals surface area contributed by atoms with Gasteiger partial charge in [0.15, 0.2) is 9.84 Å². The van der Waals surface area contributed by atoms with Crippen LogP contribution in [0.1, 0.15) is 24.3 Å². The zero-order chi connectivity index (χ0) is 11.8. The van der Waals surface area contributed by atoms with Gasteiger partial charge in [-0.2, -0.15) is 0 Å². The molecule has 4 heteroatoms. The second-order valence-electron chi connectivity index (χ2n) is 4.34. The first kappa shape index (κ1) is 11.3. The van der Waals surface area contributed by atoms with E-state index in [0.717, 1.165) is 24.7 Å². The quantitative estimate of drug-likeness (QED) is 0.751. The van der Waals surface area contributed by atoms with E-state index in [9.17, 15) is 13.2 Å². The van der Waals surface area contributed by atoms with E-state index in [1.807, 2.05) is 0 Å². The van der Waals surface area contributed by atoms with E-state index in [-0.39, 0.29) is 5.92 Å². The molecular weight excluding hydrogens is 224 g/mol. The van der Waals surface area contributed by atoms with E-state index in [2.05, 4.69) is 0 Å². The Balaban J connectivity index is 2.27. The summed E-state index contributed by atoms with van der Waals surface area (Å²) in [7, 11) is -3.14. The molecule has 1 unspecified atom stereocenters. The minimum Gasteiger partial charge on any atom is -0.303 e. The molecule has 0 bridgehead atoms. The van der Waals surface area contributed by atoms with Crippen molar-refractivity contribution in [2.75, 3.05) is 6.26 Å². The van der Waals surface area contributed by atoms with Gasteiger partial charge in [-0.25, -0.2) is 8.42 Å². The zero-order valence-electron chi connectivity index (χ0n) is 9.09. The number of carbonyl (C=O) groups is 1. The Bertz CT molecular complexity index is 484. The van der Waals surface area contributed by atoms with Gasteiger partial charge in [0.2, 0.25) is 0 Å². The largest absolute Gasteiger partial charge is 0.303 e. The summed E-state index contributed by atoms with van der Waals surface area (Å²) in [4.78, 5) is 11.3. The Morgan fingerprint density at radius 3 is 2.19 bits per heavy atom. The van der Waals surface area contributed by atoms with Crippen LogP contribution in [0.3, 0.4) is 0 Å². The Hall–Kier alpha value is -1.16. The van der Waals surface area contributed by atoms with Crippen molar-refractivity contribution in [3.63, 3.8) is 0 Å². The molecule has 0 amide bonds. The Labute approximate surface area is 95.4 Å². The van der Waals surface area contributed by atoms with Crippen molar-refractivity contribution in [1.29, 1.82) is 0 Å². The fourth-order valence-corrected chi connectivity index (χ4v) is 2.48. The van der Waals surface area contributed by atoms with Crippen LogP contribution in [0.25, 0.3) is 0 Å². The van der Waals surface area contributed by atoms with Gasteiger partial charge in [0.1, 0.15) is 6.29 Å².